The average molecular weight is 392 g/mol. The van der Waals surface area contributed by atoms with Gasteiger partial charge >= 0.3 is 0 Å². The Morgan fingerprint density at radius 2 is 1.46 bits per heavy atom. The SMILES string of the molecule is COc1cc(-c2csnc2-c2ccc(Cl)cc2)c(OC)c(OC)c1OC. The first kappa shape index (κ1) is 18.4. The van der Waals surface area contributed by atoms with Crippen molar-refractivity contribution in [1.82, 2.24) is 4.37 Å². The van der Waals surface area contributed by atoms with Crippen molar-refractivity contribution < 1.29 is 18.9 Å². The molecule has 0 atom stereocenters. The third-order valence-electron chi connectivity index (χ3n) is 3.97. The minimum absolute atomic E-state index is 0.470. The molecular formula is C19H18ClNO4S. The number of ether oxygens (including phenoxy) is 4. The molecule has 1 heterocycles. The van der Waals surface area contributed by atoms with E-state index in [0.29, 0.717) is 28.0 Å². The Labute approximate surface area is 161 Å². The van der Waals surface area contributed by atoms with Crippen LogP contribution in [-0.4, -0.2) is 32.8 Å². The van der Waals surface area contributed by atoms with Gasteiger partial charge in [-0.3, -0.25) is 0 Å². The second kappa shape index (κ2) is 7.85. The summed E-state index contributed by atoms with van der Waals surface area (Å²) in [6.45, 7) is 0. The first-order chi connectivity index (χ1) is 12.6. The molecule has 1 aromatic heterocycles. The largest absolute Gasteiger partial charge is 0.493 e. The summed E-state index contributed by atoms with van der Waals surface area (Å²) < 4.78 is 26.7. The molecule has 0 amide bonds. The van der Waals surface area contributed by atoms with E-state index in [1.807, 2.05) is 35.7 Å². The number of halogens is 1. The summed E-state index contributed by atoms with van der Waals surface area (Å²) >= 11 is 7.37. The Morgan fingerprint density at radius 3 is 2.04 bits per heavy atom. The monoisotopic (exact) mass is 391 g/mol. The fourth-order valence-electron chi connectivity index (χ4n) is 2.78. The molecule has 26 heavy (non-hydrogen) atoms. The summed E-state index contributed by atoms with van der Waals surface area (Å²) in [6.07, 6.45) is 0. The maximum Gasteiger partial charge on any atom is 0.207 e. The van der Waals surface area contributed by atoms with E-state index in [9.17, 15) is 0 Å². The quantitative estimate of drug-likeness (QED) is 0.580. The molecule has 0 saturated carbocycles. The van der Waals surface area contributed by atoms with Crippen LogP contribution in [0.15, 0.2) is 35.7 Å². The van der Waals surface area contributed by atoms with E-state index in [0.717, 1.165) is 22.4 Å². The van der Waals surface area contributed by atoms with Gasteiger partial charge in [0, 0.05) is 27.1 Å². The predicted octanol–water partition coefficient (Wildman–Crippen LogP) is 5.16. The maximum absolute atomic E-state index is 6.01. The van der Waals surface area contributed by atoms with Crippen LogP contribution in [0, 0.1) is 0 Å². The highest BCUT2D eigenvalue weighted by Gasteiger charge is 2.24. The summed E-state index contributed by atoms with van der Waals surface area (Å²) in [6, 6.07) is 9.42. The standard InChI is InChI=1S/C19H18ClNO4S/c1-22-15-9-13(17(23-2)19(25-4)18(15)24-3)14-10-26-21-16(14)11-5-7-12(20)8-6-11/h5-10H,1-4H3. The number of nitrogens with zero attached hydrogens (tertiary/aromatic N) is 1. The van der Waals surface area contributed by atoms with Crippen molar-refractivity contribution in [2.24, 2.45) is 0 Å². The molecule has 0 saturated heterocycles. The number of methoxy groups -OCH3 is 4. The lowest BCUT2D eigenvalue weighted by Gasteiger charge is -2.18. The Bertz CT molecular complexity index is 909. The molecule has 0 fully saturated rings. The van der Waals surface area contributed by atoms with Crippen LogP contribution in [0.3, 0.4) is 0 Å². The van der Waals surface area contributed by atoms with Gasteiger partial charge in [0.15, 0.2) is 11.5 Å². The minimum Gasteiger partial charge on any atom is -0.493 e. The van der Waals surface area contributed by atoms with E-state index >= 15 is 0 Å². The molecule has 3 aromatic rings. The highest BCUT2D eigenvalue weighted by molar-refractivity contribution is 7.04. The molecule has 0 aliphatic heterocycles. The van der Waals surface area contributed by atoms with Gasteiger partial charge in [-0.15, -0.1) is 0 Å². The molecule has 0 bridgehead atoms. The number of aromatic nitrogens is 1. The van der Waals surface area contributed by atoms with E-state index in [1.54, 1.807) is 28.4 Å². The van der Waals surface area contributed by atoms with Crippen molar-refractivity contribution in [1.29, 1.82) is 0 Å². The van der Waals surface area contributed by atoms with E-state index in [1.165, 1.54) is 11.5 Å². The van der Waals surface area contributed by atoms with Gasteiger partial charge in [0.05, 0.1) is 34.1 Å². The number of rotatable bonds is 6. The van der Waals surface area contributed by atoms with Crippen LogP contribution in [0.1, 0.15) is 0 Å². The maximum atomic E-state index is 6.01. The normalized spacial score (nSPS) is 10.5. The van der Waals surface area contributed by atoms with Crippen molar-refractivity contribution in [3.05, 3.63) is 40.7 Å². The summed E-state index contributed by atoms with van der Waals surface area (Å²) in [5, 5.41) is 2.64. The van der Waals surface area contributed by atoms with Gasteiger partial charge in [-0.05, 0) is 29.7 Å². The van der Waals surface area contributed by atoms with E-state index in [2.05, 4.69) is 4.37 Å². The van der Waals surface area contributed by atoms with Crippen LogP contribution in [0.25, 0.3) is 22.4 Å². The van der Waals surface area contributed by atoms with Gasteiger partial charge in [0.2, 0.25) is 11.5 Å². The van der Waals surface area contributed by atoms with Crippen molar-refractivity contribution in [3.63, 3.8) is 0 Å². The molecule has 7 heteroatoms. The smallest absolute Gasteiger partial charge is 0.207 e. The zero-order valence-electron chi connectivity index (χ0n) is 14.8. The lowest BCUT2D eigenvalue weighted by Crippen LogP contribution is -2.00. The minimum atomic E-state index is 0.470. The van der Waals surface area contributed by atoms with Gasteiger partial charge in [-0.25, -0.2) is 0 Å². The second-order valence-corrected chi connectivity index (χ2v) is 6.38. The van der Waals surface area contributed by atoms with Gasteiger partial charge < -0.3 is 18.9 Å². The zero-order valence-corrected chi connectivity index (χ0v) is 16.4. The van der Waals surface area contributed by atoms with Crippen molar-refractivity contribution in [3.8, 4) is 45.4 Å². The van der Waals surface area contributed by atoms with Gasteiger partial charge in [-0.2, -0.15) is 4.37 Å². The lowest BCUT2D eigenvalue weighted by atomic mass is 10.00. The molecule has 0 spiro atoms. The first-order valence-corrected chi connectivity index (χ1v) is 8.93. The number of hydrogen-bond acceptors (Lipinski definition) is 6. The molecule has 3 rings (SSSR count). The van der Waals surface area contributed by atoms with Crippen LogP contribution < -0.4 is 18.9 Å². The summed E-state index contributed by atoms with van der Waals surface area (Å²) in [7, 11) is 6.30. The van der Waals surface area contributed by atoms with Crippen LogP contribution in [0.4, 0.5) is 0 Å². The van der Waals surface area contributed by atoms with Gasteiger partial charge in [-0.1, -0.05) is 23.7 Å². The van der Waals surface area contributed by atoms with Crippen molar-refractivity contribution >= 4 is 23.1 Å². The highest BCUT2D eigenvalue weighted by atomic mass is 35.5. The zero-order chi connectivity index (χ0) is 18.7. The fraction of sp³-hybridized carbons (Fsp3) is 0.211. The molecule has 5 nitrogen and oxygen atoms in total. The third kappa shape index (κ3) is 3.18. The van der Waals surface area contributed by atoms with Crippen molar-refractivity contribution in [2.75, 3.05) is 28.4 Å². The van der Waals surface area contributed by atoms with E-state index in [-0.39, 0.29) is 0 Å². The molecule has 2 aromatic carbocycles. The molecule has 0 aliphatic rings. The lowest BCUT2D eigenvalue weighted by molar-refractivity contribution is 0.306. The van der Waals surface area contributed by atoms with Crippen LogP contribution >= 0.6 is 23.1 Å². The topological polar surface area (TPSA) is 49.8 Å². The first-order valence-electron chi connectivity index (χ1n) is 7.72. The van der Waals surface area contributed by atoms with Crippen LogP contribution in [-0.2, 0) is 0 Å². The Hall–Kier alpha value is -2.44. The van der Waals surface area contributed by atoms with E-state index in [4.69, 9.17) is 30.5 Å². The Kier molecular flexibility index (Phi) is 5.54. The second-order valence-electron chi connectivity index (χ2n) is 5.31. The van der Waals surface area contributed by atoms with Gasteiger partial charge in [0.25, 0.3) is 0 Å². The molecule has 0 N–H and O–H groups in total. The third-order valence-corrected chi connectivity index (χ3v) is 4.85. The molecule has 0 unspecified atom stereocenters. The average Bonchev–Trinajstić information content (AvgIpc) is 3.16. The predicted molar refractivity (Wildman–Crippen MR) is 104 cm³/mol. The fourth-order valence-corrected chi connectivity index (χ4v) is 3.61. The molecule has 0 radical (unpaired) electrons. The summed E-state index contributed by atoms with van der Waals surface area (Å²) in [4.78, 5) is 0. The van der Waals surface area contributed by atoms with Gasteiger partial charge in [0.1, 0.15) is 0 Å². The Balaban J connectivity index is 2.25. The number of hydrogen-bond donors (Lipinski definition) is 0. The van der Waals surface area contributed by atoms with Crippen LogP contribution in [0.2, 0.25) is 5.02 Å². The van der Waals surface area contributed by atoms with Crippen molar-refractivity contribution in [2.45, 2.75) is 0 Å². The van der Waals surface area contributed by atoms with Crippen LogP contribution in [0.5, 0.6) is 23.0 Å². The highest BCUT2D eigenvalue weighted by Crippen LogP contribution is 2.51. The van der Waals surface area contributed by atoms with E-state index < -0.39 is 0 Å². The molecule has 0 aliphatic carbocycles. The summed E-state index contributed by atoms with van der Waals surface area (Å²) in [5.74, 6) is 2.05. The number of benzene rings is 2. The molecule has 136 valence electrons. The molecular weight excluding hydrogens is 374 g/mol. The Morgan fingerprint density at radius 1 is 0.808 bits per heavy atom. The summed E-state index contributed by atoms with van der Waals surface area (Å²) in [5.41, 5.74) is 3.51.